The van der Waals surface area contributed by atoms with Gasteiger partial charge in [-0.05, 0) is 79.6 Å². The Morgan fingerprint density at radius 2 is 1.86 bits per heavy atom. The number of carbonyl (C=O) groups is 1. The maximum absolute atomic E-state index is 11.8. The molecule has 4 aliphatic carbocycles. The number of fused-ring (bicyclic) bond motifs is 5. The Balaban J connectivity index is 1.68. The molecule has 0 amide bonds. The van der Waals surface area contributed by atoms with Gasteiger partial charge in [0.15, 0.2) is 5.78 Å². The summed E-state index contributed by atoms with van der Waals surface area (Å²) in [6, 6.07) is 0.0381. The van der Waals surface area contributed by atoms with Crippen LogP contribution in [0.5, 0.6) is 0 Å². The second kappa shape index (κ2) is 4.75. The van der Waals surface area contributed by atoms with Gasteiger partial charge in [-0.1, -0.05) is 24.6 Å². The quantitative estimate of drug-likeness (QED) is 0.662. The molecule has 0 aromatic carbocycles. The van der Waals surface area contributed by atoms with Gasteiger partial charge in [-0.15, -0.1) is 0 Å². The molecule has 120 valence electrons. The Morgan fingerprint density at radius 1 is 1.05 bits per heavy atom. The minimum absolute atomic E-state index is 0.0381. The number of hydrogen-bond acceptors (Lipinski definition) is 3. The average Bonchev–Trinajstić information content (AvgIpc) is 2.84. The molecule has 3 heteroatoms. The lowest BCUT2D eigenvalue weighted by atomic mass is 9.47. The highest BCUT2D eigenvalue weighted by atomic mass is 16.3. The Hall–Kier alpha value is -0.990. The zero-order chi connectivity index (χ0) is 15.5. The van der Waals surface area contributed by atoms with Crippen molar-refractivity contribution in [3.63, 3.8) is 0 Å². The number of carbonyl (C=O) groups excluding carboxylic acids is 1. The predicted molar refractivity (Wildman–Crippen MR) is 86.3 cm³/mol. The Kier molecular flexibility index (Phi) is 3.15. The summed E-state index contributed by atoms with van der Waals surface area (Å²) >= 11 is 0. The maximum atomic E-state index is 11.8. The van der Waals surface area contributed by atoms with E-state index in [9.17, 15) is 9.70 Å². The molecule has 0 radical (unpaired) electrons. The van der Waals surface area contributed by atoms with Crippen LogP contribution in [-0.2, 0) is 4.79 Å². The van der Waals surface area contributed by atoms with Gasteiger partial charge in [0.05, 0.1) is 6.04 Å². The van der Waals surface area contributed by atoms with Gasteiger partial charge in [0, 0.05) is 6.42 Å². The molecular weight excluding hydrogens is 274 g/mol. The van der Waals surface area contributed by atoms with E-state index in [0.29, 0.717) is 17.6 Å². The number of nitrogens with zero attached hydrogens (tertiary/aromatic N) is 1. The number of allylic oxidation sites excluding steroid dienone is 1. The fourth-order valence-electron chi connectivity index (χ4n) is 6.70. The summed E-state index contributed by atoms with van der Waals surface area (Å²) in [7, 11) is 0. The van der Waals surface area contributed by atoms with Crippen LogP contribution in [0.2, 0.25) is 0 Å². The van der Waals surface area contributed by atoms with Crippen LogP contribution in [0.4, 0.5) is 0 Å². The fraction of sp³-hybridized carbons (Fsp3) is 0.842. The molecule has 22 heavy (non-hydrogen) atoms. The Labute approximate surface area is 132 Å². The van der Waals surface area contributed by atoms with Gasteiger partial charge in [-0.25, -0.2) is 0 Å². The molecule has 0 aromatic rings. The van der Waals surface area contributed by atoms with E-state index in [0.717, 1.165) is 38.0 Å². The molecule has 0 heterocycles. The predicted octanol–water partition coefficient (Wildman–Crippen LogP) is 4.65. The standard InChI is InChI=1S/C19H27NO2/c1-18-9-7-13(21)11-12(18)3-4-14-15-5-6-17(20-22)19(15,2)10-8-16(14)18/h11,14-17H,3-10H2,1-2H3. The second-order valence-electron chi connectivity index (χ2n) is 8.71. The number of ketones is 1. The smallest absolute Gasteiger partial charge is 0.155 e. The van der Waals surface area contributed by atoms with E-state index >= 15 is 0 Å². The zero-order valence-corrected chi connectivity index (χ0v) is 13.8. The third kappa shape index (κ3) is 1.77. The zero-order valence-electron chi connectivity index (χ0n) is 13.8. The SMILES string of the molecule is CC12CCC(=O)C=C1CCC1C2CCC2(C)C(N=O)CCC12. The Morgan fingerprint density at radius 3 is 2.64 bits per heavy atom. The van der Waals surface area contributed by atoms with Crippen molar-refractivity contribution in [1.82, 2.24) is 0 Å². The first kappa shape index (κ1) is 14.6. The van der Waals surface area contributed by atoms with Crippen LogP contribution in [0, 0.1) is 33.5 Å². The molecule has 0 aliphatic heterocycles. The van der Waals surface area contributed by atoms with Crippen molar-refractivity contribution in [3.8, 4) is 0 Å². The molecule has 6 atom stereocenters. The molecule has 3 fully saturated rings. The monoisotopic (exact) mass is 301 g/mol. The molecule has 0 spiro atoms. The third-order valence-electron chi connectivity index (χ3n) is 8.04. The van der Waals surface area contributed by atoms with Crippen molar-refractivity contribution < 1.29 is 4.79 Å². The van der Waals surface area contributed by atoms with Crippen molar-refractivity contribution in [2.75, 3.05) is 0 Å². The van der Waals surface area contributed by atoms with Crippen LogP contribution in [-0.4, -0.2) is 11.8 Å². The maximum Gasteiger partial charge on any atom is 0.155 e. The van der Waals surface area contributed by atoms with Gasteiger partial charge < -0.3 is 0 Å². The molecule has 4 aliphatic rings. The van der Waals surface area contributed by atoms with Crippen molar-refractivity contribution >= 4 is 5.78 Å². The van der Waals surface area contributed by atoms with Crippen LogP contribution < -0.4 is 0 Å². The second-order valence-corrected chi connectivity index (χ2v) is 8.71. The van der Waals surface area contributed by atoms with Gasteiger partial charge in [-0.3, -0.25) is 4.79 Å². The first-order valence-corrected chi connectivity index (χ1v) is 9.05. The normalized spacial score (nSPS) is 50.6. The highest BCUT2D eigenvalue weighted by molar-refractivity contribution is 5.91. The molecule has 0 aromatic heterocycles. The van der Waals surface area contributed by atoms with Crippen LogP contribution in [0.1, 0.15) is 65.2 Å². The van der Waals surface area contributed by atoms with Crippen LogP contribution in [0.15, 0.2) is 16.8 Å². The topological polar surface area (TPSA) is 46.5 Å². The lowest BCUT2D eigenvalue weighted by Crippen LogP contribution is -2.51. The van der Waals surface area contributed by atoms with Gasteiger partial charge in [-0.2, -0.15) is 4.91 Å². The van der Waals surface area contributed by atoms with E-state index in [1.807, 2.05) is 6.08 Å². The molecular formula is C19H27NO2. The largest absolute Gasteiger partial charge is 0.295 e. The fourth-order valence-corrected chi connectivity index (χ4v) is 6.70. The van der Waals surface area contributed by atoms with E-state index < -0.39 is 0 Å². The first-order chi connectivity index (χ1) is 10.5. The van der Waals surface area contributed by atoms with E-state index in [1.54, 1.807) is 0 Å². The summed E-state index contributed by atoms with van der Waals surface area (Å²) in [5.41, 5.74) is 1.81. The molecule has 6 unspecified atom stereocenters. The van der Waals surface area contributed by atoms with E-state index in [1.165, 1.54) is 24.8 Å². The van der Waals surface area contributed by atoms with Crippen LogP contribution in [0.25, 0.3) is 0 Å². The number of rotatable bonds is 1. The molecule has 0 saturated heterocycles. The lowest BCUT2D eigenvalue weighted by Gasteiger charge is -2.57. The minimum Gasteiger partial charge on any atom is -0.295 e. The number of nitroso groups, excluding NO2 is 1. The highest BCUT2D eigenvalue weighted by Crippen LogP contribution is 2.65. The van der Waals surface area contributed by atoms with Gasteiger partial charge in [0.25, 0.3) is 0 Å². The van der Waals surface area contributed by atoms with Crippen LogP contribution in [0.3, 0.4) is 0 Å². The molecule has 3 saturated carbocycles. The average molecular weight is 301 g/mol. The van der Waals surface area contributed by atoms with Crippen molar-refractivity contribution in [2.24, 2.45) is 33.8 Å². The van der Waals surface area contributed by atoms with E-state index in [2.05, 4.69) is 19.0 Å². The van der Waals surface area contributed by atoms with Gasteiger partial charge in [0.1, 0.15) is 0 Å². The highest BCUT2D eigenvalue weighted by Gasteiger charge is 2.59. The Bertz CT molecular complexity index is 554. The third-order valence-corrected chi connectivity index (χ3v) is 8.04. The molecule has 0 N–H and O–H groups in total. The van der Waals surface area contributed by atoms with Crippen LogP contribution >= 0.6 is 0 Å². The van der Waals surface area contributed by atoms with Crippen molar-refractivity contribution in [2.45, 2.75) is 71.3 Å². The summed E-state index contributed by atoms with van der Waals surface area (Å²) in [6.07, 6.45) is 10.6. The summed E-state index contributed by atoms with van der Waals surface area (Å²) < 4.78 is 0. The lowest BCUT2D eigenvalue weighted by molar-refractivity contribution is -0.117. The summed E-state index contributed by atoms with van der Waals surface area (Å²) in [5, 5.41) is 3.48. The number of hydrogen-bond donors (Lipinski definition) is 0. The molecule has 0 bridgehead atoms. The first-order valence-electron chi connectivity index (χ1n) is 9.05. The molecule has 3 nitrogen and oxygen atoms in total. The molecule has 4 rings (SSSR count). The van der Waals surface area contributed by atoms with E-state index in [4.69, 9.17) is 0 Å². The van der Waals surface area contributed by atoms with Crippen molar-refractivity contribution in [3.05, 3.63) is 16.6 Å². The van der Waals surface area contributed by atoms with Crippen molar-refractivity contribution in [1.29, 1.82) is 0 Å². The summed E-state index contributed by atoms with van der Waals surface area (Å²) in [6.45, 7) is 4.74. The van der Waals surface area contributed by atoms with Gasteiger partial charge in [0.2, 0.25) is 0 Å². The summed E-state index contributed by atoms with van der Waals surface area (Å²) in [4.78, 5) is 23.1. The minimum atomic E-state index is 0.0381. The van der Waals surface area contributed by atoms with Gasteiger partial charge >= 0.3 is 0 Å². The summed E-state index contributed by atoms with van der Waals surface area (Å²) in [5.74, 6) is 2.45. The van der Waals surface area contributed by atoms with E-state index in [-0.39, 0.29) is 16.9 Å².